The van der Waals surface area contributed by atoms with Crippen molar-refractivity contribution < 1.29 is 9.47 Å². The highest BCUT2D eigenvalue weighted by Crippen LogP contribution is 2.01. The first kappa shape index (κ1) is 15.1. The van der Waals surface area contributed by atoms with E-state index in [4.69, 9.17) is 9.47 Å². The van der Waals surface area contributed by atoms with Crippen LogP contribution >= 0.6 is 0 Å². The van der Waals surface area contributed by atoms with Crippen molar-refractivity contribution in [3.63, 3.8) is 0 Å². The Balaban J connectivity index is 2.11. The number of rotatable bonds is 9. The monoisotopic (exact) mass is 252 g/mol. The van der Waals surface area contributed by atoms with Gasteiger partial charge in [-0.3, -0.25) is 4.98 Å². The van der Waals surface area contributed by atoms with Gasteiger partial charge in [-0.2, -0.15) is 0 Å². The fourth-order valence-electron chi connectivity index (χ4n) is 1.46. The highest BCUT2D eigenvalue weighted by Gasteiger charge is 1.97. The lowest BCUT2D eigenvalue weighted by molar-refractivity contribution is 0.0305. The second-order valence-corrected chi connectivity index (χ2v) is 4.71. The zero-order chi connectivity index (χ0) is 13.2. The van der Waals surface area contributed by atoms with Crippen LogP contribution in [0.1, 0.15) is 25.1 Å². The van der Waals surface area contributed by atoms with Crippen molar-refractivity contribution >= 4 is 0 Å². The molecular formula is C14H24N2O2. The van der Waals surface area contributed by atoms with E-state index in [1.54, 1.807) is 0 Å². The highest BCUT2D eigenvalue weighted by atomic mass is 16.5. The number of pyridine rings is 1. The van der Waals surface area contributed by atoms with Crippen molar-refractivity contribution in [1.29, 1.82) is 0 Å². The summed E-state index contributed by atoms with van der Waals surface area (Å²) in [6.45, 7) is 7.72. The van der Waals surface area contributed by atoms with Crippen molar-refractivity contribution in [2.45, 2.75) is 27.0 Å². The van der Waals surface area contributed by atoms with Gasteiger partial charge in [-0.15, -0.1) is 0 Å². The Morgan fingerprint density at radius 1 is 1.22 bits per heavy atom. The topological polar surface area (TPSA) is 43.4 Å². The minimum absolute atomic E-state index is 0.547. The average Bonchev–Trinajstić information content (AvgIpc) is 2.35. The molecule has 0 saturated carbocycles. The van der Waals surface area contributed by atoms with Gasteiger partial charge in [0.1, 0.15) is 0 Å². The first-order valence-corrected chi connectivity index (χ1v) is 6.46. The van der Waals surface area contributed by atoms with Gasteiger partial charge in [-0.05, 0) is 24.6 Å². The van der Waals surface area contributed by atoms with Gasteiger partial charge in [0.25, 0.3) is 0 Å². The third-order valence-electron chi connectivity index (χ3n) is 2.34. The molecule has 0 atom stereocenters. The van der Waals surface area contributed by atoms with E-state index < -0.39 is 0 Å². The molecule has 4 nitrogen and oxygen atoms in total. The Bertz CT molecular complexity index is 312. The van der Waals surface area contributed by atoms with Gasteiger partial charge in [-0.1, -0.05) is 19.9 Å². The molecule has 1 rings (SSSR count). The smallest absolute Gasteiger partial charge is 0.0889 e. The number of nitrogens with zero attached hydrogens (tertiary/aromatic N) is 1. The lowest BCUT2D eigenvalue weighted by Gasteiger charge is -2.07. The number of hydrogen-bond acceptors (Lipinski definition) is 4. The number of ether oxygens (including phenoxy) is 2. The normalized spacial score (nSPS) is 11.1. The molecule has 18 heavy (non-hydrogen) atoms. The average molecular weight is 252 g/mol. The van der Waals surface area contributed by atoms with E-state index in [1.165, 1.54) is 5.56 Å². The summed E-state index contributed by atoms with van der Waals surface area (Å²) in [6.07, 6.45) is 1.88. The number of hydrogen-bond donors (Lipinski definition) is 1. The van der Waals surface area contributed by atoms with Gasteiger partial charge in [0.15, 0.2) is 0 Å². The zero-order valence-corrected chi connectivity index (χ0v) is 11.6. The van der Waals surface area contributed by atoms with Crippen molar-refractivity contribution in [3.05, 3.63) is 29.6 Å². The van der Waals surface area contributed by atoms with Crippen molar-refractivity contribution in [2.24, 2.45) is 5.92 Å². The fourth-order valence-corrected chi connectivity index (χ4v) is 1.46. The molecule has 0 saturated heterocycles. The van der Waals surface area contributed by atoms with Crippen LogP contribution < -0.4 is 5.32 Å². The molecular weight excluding hydrogens is 228 g/mol. The molecule has 4 heteroatoms. The lowest BCUT2D eigenvalue weighted by atomic mass is 10.2. The first-order valence-electron chi connectivity index (χ1n) is 6.46. The van der Waals surface area contributed by atoms with Crippen LogP contribution in [0.25, 0.3) is 0 Å². The molecule has 0 spiro atoms. The van der Waals surface area contributed by atoms with Crippen LogP contribution in [-0.2, 0) is 22.6 Å². The number of aromatic nitrogens is 1. The molecule has 1 N–H and O–H groups in total. The Labute approximate surface area is 110 Å². The maximum Gasteiger partial charge on any atom is 0.0889 e. The molecule has 102 valence electrons. The SMILES string of the molecule is CNCc1ccc(COCCOCC(C)C)nc1. The van der Waals surface area contributed by atoms with E-state index in [1.807, 2.05) is 19.3 Å². The van der Waals surface area contributed by atoms with Gasteiger partial charge in [0, 0.05) is 19.3 Å². The van der Waals surface area contributed by atoms with Crippen LogP contribution in [0.5, 0.6) is 0 Å². The van der Waals surface area contributed by atoms with Crippen molar-refractivity contribution in [2.75, 3.05) is 26.9 Å². The Hall–Kier alpha value is -0.970. The minimum Gasteiger partial charge on any atom is -0.379 e. The van der Waals surface area contributed by atoms with E-state index in [-0.39, 0.29) is 0 Å². The third kappa shape index (κ3) is 6.69. The minimum atomic E-state index is 0.547. The summed E-state index contributed by atoms with van der Waals surface area (Å²) in [5.74, 6) is 0.575. The largest absolute Gasteiger partial charge is 0.379 e. The second-order valence-electron chi connectivity index (χ2n) is 4.71. The molecule has 0 radical (unpaired) electrons. The maximum absolute atomic E-state index is 5.50. The summed E-state index contributed by atoms with van der Waals surface area (Å²) in [5, 5.41) is 3.09. The highest BCUT2D eigenvalue weighted by molar-refractivity contribution is 5.13. The molecule has 0 fully saturated rings. The predicted octanol–water partition coefficient (Wildman–Crippen LogP) is 1.99. The molecule has 0 aliphatic heterocycles. The summed E-state index contributed by atoms with van der Waals surface area (Å²) in [5.41, 5.74) is 2.14. The first-order chi connectivity index (χ1) is 8.72. The van der Waals surface area contributed by atoms with Gasteiger partial charge in [0.2, 0.25) is 0 Å². The summed E-state index contributed by atoms with van der Waals surface area (Å²) in [6, 6.07) is 4.07. The summed E-state index contributed by atoms with van der Waals surface area (Å²) >= 11 is 0. The standard InChI is InChI=1S/C14H24N2O2/c1-12(2)10-17-6-7-18-11-14-5-4-13(8-15-3)9-16-14/h4-5,9,12,15H,6-8,10-11H2,1-3H3. The fraction of sp³-hybridized carbons (Fsp3) is 0.643. The van der Waals surface area contributed by atoms with Crippen LogP contribution in [0.4, 0.5) is 0 Å². The molecule has 0 amide bonds. The third-order valence-corrected chi connectivity index (χ3v) is 2.34. The van der Waals surface area contributed by atoms with Crippen LogP contribution in [0.15, 0.2) is 18.3 Å². The van der Waals surface area contributed by atoms with Gasteiger partial charge in [0.05, 0.1) is 25.5 Å². The molecule has 0 aliphatic carbocycles. The van der Waals surface area contributed by atoms with Crippen LogP contribution in [-0.4, -0.2) is 31.9 Å². The van der Waals surface area contributed by atoms with Crippen molar-refractivity contribution in [1.82, 2.24) is 10.3 Å². The molecule has 0 aromatic carbocycles. The maximum atomic E-state index is 5.50. The van der Waals surface area contributed by atoms with Gasteiger partial charge in [-0.25, -0.2) is 0 Å². The summed E-state index contributed by atoms with van der Waals surface area (Å²) in [4.78, 5) is 4.34. The van der Waals surface area contributed by atoms with Crippen LogP contribution in [0.2, 0.25) is 0 Å². The zero-order valence-electron chi connectivity index (χ0n) is 11.6. The number of nitrogens with one attached hydrogen (secondary N) is 1. The molecule has 0 unspecified atom stereocenters. The van der Waals surface area contributed by atoms with Gasteiger partial charge < -0.3 is 14.8 Å². The van der Waals surface area contributed by atoms with E-state index in [0.29, 0.717) is 25.7 Å². The van der Waals surface area contributed by atoms with E-state index >= 15 is 0 Å². The lowest BCUT2D eigenvalue weighted by Crippen LogP contribution is -2.09. The second kappa shape index (κ2) is 9.03. The molecule has 0 aliphatic rings. The molecule has 0 bridgehead atoms. The molecule has 1 aromatic rings. The van der Waals surface area contributed by atoms with E-state index in [9.17, 15) is 0 Å². The van der Waals surface area contributed by atoms with Crippen LogP contribution in [0, 0.1) is 5.92 Å². The predicted molar refractivity (Wildman–Crippen MR) is 72.3 cm³/mol. The quantitative estimate of drug-likeness (QED) is 0.683. The molecule has 1 aromatic heterocycles. The van der Waals surface area contributed by atoms with Crippen molar-refractivity contribution in [3.8, 4) is 0 Å². The molecule has 1 heterocycles. The Morgan fingerprint density at radius 3 is 2.61 bits per heavy atom. The Kier molecular flexibility index (Phi) is 7.57. The summed E-state index contributed by atoms with van der Waals surface area (Å²) in [7, 11) is 1.92. The Morgan fingerprint density at radius 2 is 2.00 bits per heavy atom. The van der Waals surface area contributed by atoms with E-state index in [0.717, 1.165) is 18.8 Å². The van der Waals surface area contributed by atoms with E-state index in [2.05, 4.69) is 30.2 Å². The summed E-state index contributed by atoms with van der Waals surface area (Å²) < 4.78 is 10.9. The van der Waals surface area contributed by atoms with Gasteiger partial charge >= 0.3 is 0 Å². The van der Waals surface area contributed by atoms with Crippen LogP contribution in [0.3, 0.4) is 0 Å².